The summed E-state index contributed by atoms with van der Waals surface area (Å²) in [6.07, 6.45) is 0.871. The summed E-state index contributed by atoms with van der Waals surface area (Å²) in [5, 5.41) is 13.6. The predicted molar refractivity (Wildman–Crippen MR) is 98.6 cm³/mol. The minimum absolute atomic E-state index is 0.0394. The van der Waals surface area contributed by atoms with Gasteiger partial charge in [0.05, 0.1) is 5.69 Å². The molecule has 0 amide bonds. The minimum Gasteiger partial charge on any atom is -0.382 e. The second kappa shape index (κ2) is 8.32. The molecule has 0 radical (unpaired) electrons. The van der Waals surface area contributed by atoms with Gasteiger partial charge in [0.2, 0.25) is 0 Å². The number of nitrogens with two attached hydrogens (primary N) is 1. The Labute approximate surface area is 173 Å². The molecular formula is C12H16N5O11P3. The Hall–Kier alpha value is -1.72. The van der Waals surface area contributed by atoms with Crippen molar-refractivity contribution in [3.05, 3.63) is 24.2 Å². The van der Waals surface area contributed by atoms with Crippen molar-refractivity contribution in [2.75, 3.05) is 12.3 Å². The summed E-state index contributed by atoms with van der Waals surface area (Å²) in [6, 6.07) is 5.11. The first-order chi connectivity index (χ1) is 14.2. The first-order valence-electron chi connectivity index (χ1n) is 8.20. The number of phosphoric ester groups is 1. The van der Waals surface area contributed by atoms with Crippen LogP contribution in [0.1, 0.15) is 24.6 Å². The fourth-order valence-electron chi connectivity index (χ4n) is 2.89. The number of rotatable bonds is 8. The number of fused-ring (bicyclic) bond motifs is 1. The van der Waals surface area contributed by atoms with Crippen molar-refractivity contribution in [2.45, 2.75) is 24.5 Å². The van der Waals surface area contributed by atoms with Gasteiger partial charge in [-0.15, -0.1) is 0 Å². The van der Waals surface area contributed by atoms with Crippen molar-refractivity contribution < 1.29 is 51.2 Å². The molecule has 0 bridgehead atoms. The maximum Gasteiger partial charge on any atom is 0.490 e. The van der Waals surface area contributed by atoms with Crippen LogP contribution in [0.3, 0.4) is 0 Å². The SMILES string of the molecule is N#C[C@@]1(COP(=O)(O)OP(=O)(O)OP(=O)(O)O)CC[C@H](c2ccc3c(N)ncnn23)O1. The van der Waals surface area contributed by atoms with Crippen LogP contribution in [0.25, 0.3) is 5.52 Å². The Morgan fingerprint density at radius 2 is 1.97 bits per heavy atom. The number of nitrogens with zero attached hydrogens (tertiary/aromatic N) is 4. The molecule has 2 aromatic rings. The van der Waals surface area contributed by atoms with Crippen molar-refractivity contribution in [1.82, 2.24) is 14.6 Å². The highest BCUT2D eigenvalue weighted by molar-refractivity contribution is 7.66. The van der Waals surface area contributed by atoms with E-state index in [-0.39, 0.29) is 18.7 Å². The number of hydrogen-bond acceptors (Lipinski definition) is 11. The standard InChI is InChI=1S/C12H16N5O11P3/c13-5-12(6-25-30(21,22)28-31(23,24)27-29(18,19)20)4-3-10(26-12)8-1-2-9-11(14)15-7-16-17(8)9/h1-2,7,10H,3-4,6H2,(H,21,22)(H,23,24)(H2,14,15,16)(H2,18,19,20)/t10-,12-/m1/s1. The third-order valence-corrected chi connectivity index (χ3v) is 7.88. The van der Waals surface area contributed by atoms with Gasteiger partial charge in [-0.3, -0.25) is 4.52 Å². The van der Waals surface area contributed by atoms with Crippen molar-refractivity contribution in [2.24, 2.45) is 0 Å². The number of aromatic nitrogens is 3. The van der Waals surface area contributed by atoms with Gasteiger partial charge >= 0.3 is 23.5 Å². The Morgan fingerprint density at radius 1 is 1.26 bits per heavy atom. The van der Waals surface area contributed by atoms with E-state index in [0.29, 0.717) is 11.2 Å². The van der Waals surface area contributed by atoms with Crippen LogP contribution in [0.15, 0.2) is 18.5 Å². The van der Waals surface area contributed by atoms with E-state index >= 15 is 0 Å². The van der Waals surface area contributed by atoms with E-state index in [4.69, 9.17) is 20.3 Å². The largest absolute Gasteiger partial charge is 0.490 e. The molecule has 6 N–H and O–H groups in total. The molecule has 4 atom stereocenters. The Morgan fingerprint density at radius 3 is 2.61 bits per heavy atom. The van der Waals surface area contributed by atoms with Gasteiger partial charge in [0.1, 0.15) is 30.6 Å². The molecule has 1 fully saturated rings. The van der Waals surface area contributed by atoms with Crippen LogP contribution >= 0.6 is 23.5 Å². The molecule has 1 aliphatic heterocycles. The van der Waals surface area contributed by atoms with Crippen LogP contribution < -0.4 is 5.73 Å². The van der Waals surface area contributed by atoms with Crippen LogP contribution in [0.2, 0.25) is 0 Å². The van der Waals surface area contributed by atoms with Gasteiger partial charge in [-0.05, 0) is 25.0 Å². The van der Waals surface area contributed by atoms with Crippen molar-refractivity contribution in [1.29, 1.82) is 5.26 Å². The van der Waals surface area contributed by atoms with E-state index in [0.717, 1.165) is 0 Å². The lowest BCUT2D eigenvalue weighted by Crippen LogP contribution is -2.32. The molecular weight excluding hydrogens is 483 g/mol. The third kappa shape index (κ3) is 5.75. The summed E-state index contributed by atoms with van der Waals surface area (Å²) >= 11 is 0. The molecule has 19 heteroatoms. The second-order valence-corrected chi connectivity index (χ2v) is 10.7. The van der Waals surface area contributed by atoms with Gasteiger partial charge in [-0.1, -0.05) is 0 Å². The molecule has 1 saturated heterocycles. The predicted octanol–water partition coefficient (Wildman–Crippen LogP) is 0.769. The van der Waals surface area contributed by atoms with Crippen LogP contribution in [0.4, 0.5) is 5.82 Å². The topological polar surface area (TPSA) is 249 Å². The van der Waals surface area contributed by atoms with Gasteiger partial charge in [0.25, 0.3) is 0 Å². The van der Waals surface area contributed by atoms with E-state index in [2.05, 4.69) is 23.2 Å². The zero-order valence-electron chi connectivity index (χ0n) is 15.3. The Kier molecular flexibility index (Phi) is 6.43. The van der Waals surface area contributed by atoms with E-state index in [1.165, 1.54) is 10.8 Å². The zero-order chi connectivity index (χ0) is 23.1. The van der Waals surface area contributed by atoms with E-state index < -0.39 is 41.8 Å². The summed E-state index contributed by atoms with van der Waals surface area (Å²) in [5.74, 6) is 0.221. The molecule has 31 heavy (non-hydrogen) atoms. The number of nitrogen functional groups attached to an aromatic ring is 1. The summed E-state index contributed by atoms with van der Waals surface area (Å²) < 4.78 is 52.9. The van der Waals surface area contributed by atoms with E-state index in [1.807, 2.05) is 6.07 Å². The average molecular weight is 499 g/mol. The van der Waals surface area contributed by atoms with Gasteiger partial charge in [0.15, 0.2) is 11.4 Å². The third-order valence-electron chi connectivity index (χ3n) is 4.10. The fraction of sp³-hybridized carbons (Fsp3) is 0.417. The van der Waals surface area contributed by atoms with Crippen LogP contribution in [0.5, 0.6) is 0 Å². The Bertz CT molecular complexity index is 1170. The van der Waals surface area contributed by atoms with Gasteiger partial charge in [-0.2, -0.15) is 19.0 Å². The molecule has 16 nitrogen and oxygen atoms in total. The van der Waals surface area contributed by atoms with Crippen molar-refractivity contribution in [3.63, 3.8) is 0 Å². The molecule has 170 valence electrons. The molecule has 3 heterocycles. The number of nitriles is 1. The van der Waals surface area contributed by atoms with Crippen molar-refractivity contribution in [3.8, 4) is 6.07 Å². The highest BCUT2D eigenvalue weighted by Crippen LogP contribution is 2.66. The lowest BCUT2D eigenvalue weighted by Gasteiger charge is -2.23. The number of ether oxygens (including phenoxy) is 1. The highest BCUT2D eigenvalue weighted by Gasteiger charge is 2.46. The zero-order valence-corrected chi connectivity index (χ0v) is 18.0. The van der Waals surface area contributed by atoms with Crippen molar-refractivity contribution >= 4 is 34.8 Å². The molecule has 2 aromatic heterocycles. The van der Waals surface area contributed by atoms with Crippen LogP contribution in [-0.2, 0) is 31.6 Å². The molecule has 0 spiro atoms. The maximum atomic E-state index is 11.9. The first kappa shape index (κ1) is 23.9. The minimum atomic E-state index is -5.67. The summed E-state index contributed by atoms with van der Waals surface area (Å²) in [5.41, 5.74) is 5.07. The van der Waals surface area contributed by atoms with Gasteiger partial charge in [0, 0.05) is 0 Å². The maximum absolute atomic E-state index is 11.9. The average Bonchev–Trinajstić information content (AvgIpc) is 3.22. The van der Waals surface area contributed by atoms with Gasteiger partial charge in [-0.25, -0.2) is 23.2 Å². The molecule has 0 aromatic carbocycles. The Balaban J connectivity index is 1.70. The van der Waals surface area contributed by atoms with E-state index in [1.54, 1.807) is 12.1 Å². The molecule has 0 aliphatic carbocycles. The second-order valence-electron chi connectivity index (χ2n) is 6.32. The smallest absolute Gasteiger partial charge is 0.382 e. The van der Waals surface area contributed by atoms with Crippen LogP contribution in [-0.4, -0.2) is 46.4 Å². The summed E-state index contributed by atoms with van der Waals surface area (Å²) in [6.45, 7) is -0.871. The monoisotopic (exact) mass is 499 g/mol. The van der Waals surface area contributed by atoms with Crippen LogP contribution in [0, 0.1) is 11.3 Å². The number of hydrogen-bond donors (Lipinski definition) is 5. The lowest BCUT2D eigenvalue weighted by molar-refractivity contribution is -0.0378. The first-order valence-corrected chi connectivity index (χ1v) is 12.7. The molecule has 3 rings (SSSR count). The fourth-order valence-corrected chi connectivity index (χ4v) is 5.96. The molecule has 1 aliphatic rings. The van der Waals surface area contributed by atoms with Gasteiger partial charge < -0.3 is 30.0 Å². The summed E-state index contributed by atoms with van der Waals surface area (Å²) in [7, 11) is -16.6. The molecule has 0 saturated carbocycles. The highest BCUT2D eigenvalue weighted by atomic mass is 31.3. The normalized spacial score (nSPS) is 25.7. The lowest BCUT2D eigenvalue weighted by atomic mass is 10.0. The number of anilines is 1. The molecule has 2 unspecified atom stereocenters. The van der Waals surface area contributed by atoms with E-state index in [9.17, 15) is 28.7 Å². The number of phosphoric acid groups is 3. The quantitative estimate of drug-likeness (QED) is 0.315. The summed E-state index contributed by atoms with van der Waals surface area (Å²) in [4.78, 5) is 39.7.